The fourth-order valence-electron chi connectivity index (χ4n) is 4.58. The summed E-state index contributed by atoms with van der Waals surface area (Å²) in [5.74, 6) is 1.83. The maximum Gasteiger partial charge on any atom is 0.191 e. The Hall–Kier alpha value is -1.83. The molecule has 0 bridgehead atoms. The Morgan fingerprint density at radius 1 is 1.16 bits per heavy atom. The van der Waals surface area contributed by atoms with E-state index in [2.05, 4.69) is 39.5 Å². The molecule has 31 heavy (non-hydrogen) atoms. The average molecular weight is 432 g/mol. The first-order valence-electron chi connectivity index (χ1n) is 12.0. The van der Waals surface area contributed by atoms with Crippen LogP contribution in [0, 0.1) is 0 Å². The molecule has 2 aliphatic heterocycles. The highest BCUT2D eigenvalue weighted by Crippen LogP contribution is 2.31. The molecule has 0 spiro atoms. The van der Waals surface area contributed by atoms with Gasteiger partial charge in [-0.25, -0.2) is 0 Å². The molecule has 2 heterocycles. The molecule has 7 heteroatoms. The molecule has 0 saturated carbocycles. The number of ether oxygens (including phenoxy) is 1. The molecule has 0 amide bonds. The molecule has 1 aromatic rings. The molecule has 2 saturated heterocycles. The quantitative estimate of drug-likeness (QED) is 0.300. The number of aliphatic imine (C=N–C) groups is 1. The molecule has 2 aliphatic rings. The van der Waals surface area contributed by atoms with Crippen LogP contribution in [0.3, 0.4) is 0 Å². The van der Waals surface area contributed by atoms with Crippen LogP contribution in [0.2, 0.25) is 0 Å². The minimum absolute atomic E-state index is 0.103. The van der Waals surface area contributed by atoms with Crippen molar-refractivity contribution in [3.63, 3.8) is 0 Å². The molecule has 3 N–H and O–H groups in total. The van der Waals surface area contributed by atoms with Gasteiger partial charge in [0.15, 0.2) is 5.96 Å². The molecule has 0 aliphatic carbocycles. The summed E-state index contributed by atoms with van der Waals surface area (Å²) in [7, 11) is 1.75. The number of rotatable bonds is 10. The molecule has 0 aromatic heterocycles. The minimum Gasteiger partial charge on any atom is -0.496 e. The van der Waals surface area contributed by atoms with Gasteiger partial charge >= 0.3 is 0 Å². The third-order valence-electron chi connectivity index (χ3n) is 6.35. The normalized spacial score (nSPS) is 20.0. The van der Waals surface area contributed by atoms with Crippen molar-refractivity contribution in [3.05, 3.63) is 29.8 Å². The van der Waals surface area contributed by atoms with Crippen molar-refractivity contribution in [2.75, 3.05) is 59.5 Å². The van der Waals surface area contributed by atoms with Crippen LogP contribution in [0.4, 0.5) is 0 Å². The first kappa shape index (κ1) is 23.8. The van der Waals surface area contributed by atoms with Crippen molar-refractivity contribution >= 4 is 5.96 Å². The van der Waals surface area contributed by atoms with Gasteiger partial charge in [-0.2, -0.15) is 0 Å². The second-order valence-electron chi connectivity index (χ2n) is 8.57. The topological polar surface area (TPSA) is 72.4 Å². The number of nitrogens with one attached hydrogen (secondary N) is 2. The fourth-order valence-corrected chi connectivity index (χ4v) is 4.58. The number of guanidine groups is 1. The number of methoxy groups -OCH3 is 1. The molecule has 174 valence electrons. The van der Waals surface area contributed by atoms with Crippen molar-refractivity contribution < 1.29 is 9.84 Å². The smallest absolute Gasteiger partial charge is 0.191 e. The van der Waals surface area contributed by atoms with E-state index in [9.17, 15) is 5.11 Å². The number of para-hydroxylation sites is 1. The highest BCUT2D eigenvalue weighted by molar-refractivity contribution is 5.79. The number of likely N-dealkylation sites (tertiary alicyclic amines) is 2. The van der Waals surface area contributed by atoms with Crippen molar-refractivity contribution in [3.8, 4) is 5.75 Å². The van der Waals surface area contributed by atoms with Crippen LogP contribution in [0.1, 0.15) is 50.6 Å². The highest BCUT2D eigenvalue weighted by atomic mass is 16.5. The van der Waals surface area contributed by atoms with Gasteiger partial charge in [0.05, 0.1) is 25.8 Å². The van der Waals surface area contributed by atoms with E-state index in [0.29, 0.717) is 6.54 Å². The Bertz CT molecular complexity index is 670. The molecule has 1 atom stereocenters. The molecular weight excluding hydrogens is 390 g/mol. The van der Waals surface area contributed by atoms with Crippen LogP contribution in [0.15, 0.2) is 29.3 Å². The van der Waals surface area contributed by atoms with Gasteiger partial charge in [-0.05, 0) is 64.7 Å². The summed E-state index contributed by atoms with van der Waals surface area (Å²) in [6.07, 6.45) is 5.27. The van der Waals surface area contributed by atoms with Crippen molar-refractivity contribution in [1.82, 2.24) is 20.4 Å². The van der Waals surface area contributed by atoms with Crippen molar-refractivity contribution in [2.24, 2.45) is 4.99 Å². The standard InChI is InChI=1S/C24H41N5O2/c1-3-25-24(26-13-8-14-28-17-11-20(30)12-18-28)27-19-22(29-15-6-7-16-29)21-9-4-5-10-23(21)31-2/h4-5,9-10,20,22,30H,3,6-8,11-19H2,1-2H3,(H2,25,26,27). The number of hydrogen-bond donors (Lipinski definition) is 3. The summed E-state index contributed by atoms with van der Waals surface area (Å²) in [6, 6.07) is 8.57. The van der Waals surface area contributed by atoms with E-state index in [1.165, 1.54) is 18.4 Å². The second-order valence-corrected chi connectivity index (χ2v) is 8.57. The number of aliphatic hydroxyl groups is 1. The van der Waals surface area contributed by atoms with Gasteiger partial charge in [0.1, 0.15) is 5.75 Å². The van der Waals surface area contributed by atoms with Crippen LogP contribution in [-0.4, -0.2) is 86.4 Å². The molecule has 1 aromatic carbocycles. The number of benzene rings is 1. The van der Waals surface area contributed by atoms with Crippen LogP contribution >= 0.6 is 0 Å². The maximum absolute atomic E-state index is 9.65. The lowest BCUT2D eigenvalue weighted by Gasteiger charge is -2.29. The predicted molar refractivity (Wildman–Crippen MR) is 127 cm³/mol. The third-order valence-corrected chi connectivity index (χ3v) is 6.35. The number of piperidine rings is 1. The molecular formula is C24H41N5O2. The van der Waals surface area contributed by atoms with Gasteiger partial charge in [-0.1, -0.05) is 18.2 Å². The van der Waals surface area contributed by atoms with Gasteiger partial charge in [-0.15, -0.1) is 0 Å². The molecule has 7 nitrogen and oxygen atoms in total. The SMILES string of the molecule is CCNC(=NCC(c1ccccc1OC)N1CCCC1)NCCCN1CCC(O)CC1. The van der Waals surface area contributed by atoms with Gasteiger partial charge in [0.2, 0.25) is 0 Å². The van der Waals surface area contributed by atoms with E-state index >= 15 is 0 Å². The summed E-state index contributed by atoms with van der Waals surface area (Å²) >= 11 is 0. The Balaban J connectivity index is 1.56. The average Bonchev–Trinajstić information content (AvgIpc) is 3.33. The van der Waals surface area contributed by atoms with E-state index in [-0.39, 0.29) is 12.1 Å². The van der Waals surface area contributed by atoms with E-state index in [4.69, 9.17) is 9.73 Å². The largest absolute Gasteiger partial charge is 0.496 e. The monoisotopic (exact) mass is 431 g/mol. The Morgan fingerprint density at radius 2 is 1.90 bits per heavy atom. The summed E-state index contributed by atoms with van der Waals surface area (Å²) in [5.41, 5.74) is 1.22. The zero-order valence-electron chi connectivity index (χ0n) is 19.4. The second kappa shape index (κ2) is 12.9. The molecule has 1 unspecified atom stereocenters. The van der Waals surface area contributed by atoms with E-state index in [1.807, 2.05) is 12.1 Å². The van der Waals surface area contributed by atoms with Crippen LogP contribution in [-0.2, 0) is 0 Å². The highest BCUT2D eigenvalue weighted by Gasteiger charge is 2.25. The zero-order valence-corrected chi connectivity index (χ0v) is 19.4. The Labute approximate surface area is 187 Å². The predicted octanol–water partition coefficient (Wildman–Crippen LogP) is 2.23. The third kappa shape index (κ3) is 7.37. The lowest BCUT2D eigenvalue weighted by molar-refractivity contribution is 0.0823. The summed E-state index contributed by atoms with van der Waals surface area (Å²) in [5, 5.41) is 16.6. The lowest BCUT2D eigenvalue weighted by atomic mass is 10.0. The van der Waals surface area contributed by atoms with Crippen LogP contribution in [0.25, 0.3) is 0 Å². The van der Waals surface area contributed by atoms with Crippen molar-refractivity contribution in [1.29, 1.82) is 0 Å². The molecule has 2 fully saturated rings. The van der Waals surface area contributed by atoms with Gasteiger partial charge < -0.3 is 25.4 Å². The summed E-state index contributed by atoms with van der Waals surface area (Å²) < 4.78 is 5.66. The van der Waals surface area contributed by atoms with E-state index < -0.39 is 0 Å². The Kier molecular flexibility index (Phi) is 9.90. The molecule has 3 rings (SSSR count). The Morgan fingerprint density at radius 3 is 2.61 bits per heavy atom. The first-order valence-corrected chi connectivity index (χ1v) is 12.0. The number of aliphatic hydroxyl groups excluding tert-OH is 1. The summed E-state index contributed by atoms with van der Waals surface area (Å²) in [6.45, 7) is 9.87. The van der Waals surface area contributed by atoms with Crippen molar-refractivity contribution in [2.45, 2.75) is 51.2 Å². The minimum atomic E-state index is -0.103. The fraction of sp³-hybridized carbons (Fsp3) is 0.708. The van der Waals surface area contributed by atoms with Gasteiger partial charge in [0.25, 0.3) is 0 Å². The van der Waals surface area contributed by atoms with E-state index in [1.54, 1.807) is 7.11 Å². The maximum atomic E-state index is 9.65. The van der Waals surface area contributed by atoms with Crippen LogP contribution < -0.4 is 15.4 Å². The lowest BCUT2D eigenvalue weighted by Crippen LogP contribution is -2.41. The van der Waals surface area contributed by atoms with E-state index in [0.717, 1.165) is 76.8 Å². The van der Waals surface area contributed by atoms with Crippen LogP contribution in [0.5, 0.6) is 5.75 Å². The molecule has 0 radical (unpaired) electrons. The zero-order chi connectivity index (χ0) is 21.9. The summed E-state index contributed by atoms with van der Waals surface area (Å²) in [4.78, 5) is 9.94. The van der Waals surface area contributed by atoms with Gasteiger partial charge in [0, 0.05) is 31.7 Å². The number of nitrogens with zero attached hydrogens (tertiary/aromatic N) is 3. The van der Waals surface area contributed by atoms with Gasteiger partial charge in [-0.3, -0.25) is 9.89 Å². The number of hydrogen-bond acceptors (Lipinski definition) is 5. The first-order chi connectivity index (χ1) is 15.2.